The monoisotopic (exact) mass is 458 g/mol. The Labute approximate surface area is 193 Å². The summed E-state index contributed by atoms with van der Waals surface area (Å²) < 4.78 is 15.7. The normalized spacial score (nSPS) is 10.9. The largest absolute Gasteiger partial charge is 0.493 e. The standard InChI is InChI=1S/C24H27ClN2O5/c1-4-30-24(29)17(2)14-23(27(26)21-10-6-9-20(25)16-21)19-8-5-11-22(15-19)32-13-7-12-31-18(3)28/h5-6,8-11,14-16H,2,4,7,12-13,26H2,1,3H3/b23-14-. The highest BCUT2D eigenvalue weighted by Gasteiger charge is 2.15. The van der Waals surface area contributed by atoms with Gasteiger partial charge in [-0.05, 0) is 43.3 Å². The number of nitrogens with zero attached hydrogens (tertiary/aromatic N) is 1. The molecule has 0 atom stereocenters. The van der Waals surface area contributed by atoms with Crippen LogP contribution in [0.2, 0.25) is 5.02 Å². The van der Waals surface area contributed by atoms with Gasteiger partial charge in [-0.1, -0.05) is 36.4 Å². The molecule has 2 aromatic carbocycles. The molecule has 32 heavy (non-hydrogen) atoms. The van der Waals surface area contributed by atoms with Gasteiger partial charge in [0.1, 0.15) is 5.75 Å². The van der Waals surface area contributed by atoms with E-state index in [0.717, 1.165) is 0 Å². The number of carbonyl (C=O) groups is 2. The van der Waals surface area contributed by atoms with Crippen LogP contribution in [0.1, 0.15) is 25.8 Å². The van der Waals surface area contributed by atoms with Gasteiger partial charge < -0.3 is 14.2 Å². The second kappa shape index (κ2) is 12.5. The highest BCUT2D eigenvalue weighted by molar-refractivity contribution is 6.30. The van der Waals surface area contributed by atoms with E-state index in [2.05, 4.69) is 6.58 Å². The van der Waals surface area contributed by atoms with Gasteiger partial charge in [-0.15, -0.1) is 0 Å². The molecule has 0 aliphatic heterocycles. The van der Waals surface area contributed by atoms with E-state index in [9.17, 15) is 9.59 Å². The smallest absolute Gasteiger partial charge is 0.337 e. The zero-order valence-electron chi connectivity index (χ0n) is 18.2. The molecule has 0 aliphatic carbocycles. The molecule has 0 saturated carbocycles. The fourth-order valence-corrected chi connectivity index (χ4v) is 2.90. The summed E-state index contributed by atoms with van der Waals surface area (Å²) in [5.41, 5.74) is 1.95. The van der Waals surface area contributed by atoms with Crippen molar-refractivity contribution in [2.75, 3.05) is 24.8 Å². The molecule has 7 nitrogen and oxygen atoms in total. The summed E-state index contributed by atoms with van der Waals surface area (Å²) in [5.74, 6) is 6.13. The van der Waals surface area contributed by atoms with Gasteiger partial charge in [0.2, 0.25) is 0 Å². The summed E-state index contributed by atoms with van der Waals surface area (Å²) in [6, 6.07) is 14.2. The van der Waals surface area contributed by atoms with Crippen molar-refractivity contribution < 1.29 is 23.8 Å². The van der Waals surface area contributed by atoms with Crippen LogP contribution in [0, 0.1) is 0 Å². The van der Waals surface area contributed by atoms with Gasteiger partial charge in [-0.3, -0.25) is 9.80 Å². The maximum Gasteiger partial charge on any atom is 0.337 e. The van der Waals surface area contributed by atoms with Crippen LogP contribution < -0.4 is 15.6 Å². The summed E-state index contributed by atoms with van der Waals surface area (Å²) >= 11 is 6.12. The van der Waals surface area contributed by atoms with Crippen molar-refractivity contribution in [1.82, 2.24) is 0 Å². The minimum absolute atomic E-state index is 0.145. The third kappa shape index (κ3) is 7.76. The van der Waals surface area contributed by atoms with Crippen LogP contribution in [0.5, 0.6) is 5.75 Å². The highest BCUT2D eigenvalue weighted by Crippen LogP contribution is 2.28. The molecule has 0 heterocycles. The van der Waals surface area contributed by atoms with Crippen molar-refractivity contribution in [3.8, 4) is 5.75 Å². The lowest BCUT2D eigenvalue weighted by atomic mass is 10.1. The van der Waals surface area contributed by atoms with E-state index in [4.69, 9.17) is 31.7 Å². The number of rotatable bonds is 11. The van der Waals surface area contributed by atoms with Crippen molar-refractivity contribution in [2.24, 2.45) is 5.84 Å². The van der Waals surface area contributed by atoms with Gasteiger partial charge in [0.15, 0.2) is 0 Å². The molecule has 0 bridgehead atoms. The van der Waals surface area contributed by atoms with Gasteiger partial charge in [-0.2, -0.15) is 0 Å². The number of hydrogen-bond donors (Lipinski definition) is 1. The third-order valence-corrected chi connectivity index (χ3v) is 4.42. The lowest BCUT2D eigenvalue weighted by molar-refractivity contribution is -0.141. The molecule has 0 unspecified atom stereocenters. The number of hydrazine groups is 1. The molecular formula is C24H27ClN2O5. The average molecular weight is 459 g/mol. The molecule has 0 amide bonds. The SMILES string of the molecule is C=C(/C=C(/c1cccc(OCCCOC(C)=O)c1)N(N)c1cccc(Cl)c1)C(=O)OCC. The first-order valence-electron chi connectivity index (χ1n) is 10.1. The van der Waals surface area contributed by atoms with Crippen LogP contribution >= 0.6 is 11.6 Å². The van der Waals surface area contributed by atoms with Crippen molar-refractivity contribution in [1.29, 1.82) is 0 Å². The van der Waals surface area contributed by atoms with Gasteiger partial charge in [0.25, 0.3) is 0 Å². The molecule has 0 saturated heterocycles. The summed E-state index contributed by atoms with van der Waals surface area (Å²) in [6.45, 7) is 7.77. The van der Waals surface area contributed by atoms with E-state index in [1.165, 1.54) is 11.9 Å². The van der Waals surface area contributed by atoms with Gasteiger partial charge in [0.05, 0.1) is 36.8 Å². The van der Waals surface area contributed by atoms with Crippen LogP contribution in [-0.4, -0.2) is 31.8 Å². The highest BCUT2D eigenvalue weighted by atomic mass is 35.5. The van der Waals surface area contributed by atoms with Crippen molar-refractivity contribution in [3.63, 3.8) is 0 Å². The summed E-state index contributed by atoms with van der Waals surface area (Å²) in [4.78, 5) is 23.0. The second-order valence-corrected chi connectivity index (χ2v) is 7.13. The minimum Gasteiger partial charge on any atom is -0.493 e. The van der Waals surface area contributed by atoms with E-state index in [-0.39, 0.29) is 24.8 Å². The topological polar surface area (TPSA) is 91.1 Å². The predicted molar refractivity (Wildman–Crippen MR) is 125 cm³/mol. The van der Waals surface area contributed by atoms with E-state index >= 15 is 0 Å². The molecule has 0 aliphatic rings. The first-order valence-corrected chi connectivity index (χ1v) is 10.4. The van der Waals surface area contributed by atoms with Crippen LogP contribution in [0.3, 0.4) is 0 Å². The first kappa shape index (κ1) is 25.0. The Morgan fingerprint density at radius 1 is 1.12 bits per heavy atom. The fourth-order valence-electron chi connectivity index (χ4n) is 2.71. The molecule has 0 spiro atoms. The van der Waals surface area contributed by atoms with Crippen molar-refractivity contribution in [3.05, 3.63) is 77.3 Å². The Kier molecular flexibility index (Phi) is 9.78. The Hall–Kier alpha value is -3.29. The van der Waals surface area contributed by atoms with E-state index in [1.54, 1.807) is 49.4 Å². The van der Waals surface area contributed by atoms with Crippen LogP contribution in [0.25, 0.3) is 5.70 Å². The van der Waals surface area contributed by atoms with Crippen molar-refractivity contribution in [2.45, 2.75) is 20.3 Å². The number of anilines is 1. The Morgan fingerprint density at radius 2 is 1.88 bits per heavy atom. The lowest BCUT2D eigenvalue weighted by Crippen LogP contribution is -2.29. The maximum absolute atomic E-state index is 12.1. The number of ether oxygens (including phenoxy) is 3. The predicted octanol–water partition coefficient (Wildman–Crippen LogP) is 4.51. The minimum atomic E-state index is -0.539. The average Bonchev–Trinajstić information content (AvgIpc) is 2.76. The number of hydrogen-bond acceptors (Lipinski definition) is 7. The van der Waals surface area contributed by atoms with E-state index < -0.39 is 5.97 Å². The molecule has 8 heteroatoms. The molecule has 2 rings (SSSR count). The summed E-state index contributed by atoms with van der Waals surface area (Å²) in [7, 11) is 0. The van der Waals surface area contributed by atoms with Crippen LogP contribution in [0.15, 0.2) is 66.8 Å². The Bertz CT molecular complexity index is 990. The quantitative estimate of drug-likeness (QED) is 0.132. The lowest BCUT2D eigenvalue weighted by Gasteiger charge is -2.23. The zero-order chi connectivity index (χ0) is 23.5. The Morgan fingerprint density at radius 3 is 2.56 bits per heavy atom. The molecule has 0 aromatic heterocycles. The van der Waals surface area contributed by atoms with Gasteiger partial charge in [-0.25, -0.2) is 10.6 Å². The van der Waals surface area contributed by atoms with E-state index in [0.29, 0.717) is 40.7 Å². The fraction of sp³-hybridized carbons (Fsp3) is 0.250. The van der Waals surface area contributed by atoms with E-state index in [1.807, 2.05) is 12.1 Å². The maximum atomic E-state index is 12.1. The molecule has 0 radical (unpaired) electrons. The Balaban J connectivity index is 2.30. The van der Waals surface area contributed by atoms with Crippen LogP contribution in [-0.2, 0) is 19.1 Å². The summed E-state index contributed by atoms with van der Waals surface area (Å²) in [5, 5.41) is 1.93. The molecule has 2 N–H and O–H groups in total. The number of halogens is 1. The molecular weight excluding hydrogens is 432 g/mol. The number of carbonyl (C=O) groups excluding carboxylic acids is 2. The third-order valence-electron chi connectivity index (χ3n) is 4.19. The second-order valence-electron chi connectivity index (χ2n) is 6.70. The number of esters is 2. The van der Waals surface area contributed by atoms with Crippen molar-refractivity contribution >= 4 is 34.9 Å². The van der Waals surface area contributed by atoms with Gasteiger partial charge >= 0.3 is 11.9 Å². The number of nitrogens with two attached hydrogens (primary N) is 1. The molecule has 170 valence electrons. The zero-order valence-corrected chi connectivity index (χ0v) is 18.9. The van der Waals surface area contributed by atoms with Gasteiger partial charge in [0, 0.05) is 23.9 Å². The molecule has 2 aromatic rings. The molecule has 0 fully saturated rings. The first-order chi connectivity index (χ1) is 15.3. The number of benzene rings is 2. The summed E-state index contributed by atoms with van der Waals surface area (Å²) in [6.07, 6.45) is 2.11. The van der Waals surface area contributed by atoms with Crippen LogP contribution in [0.4, 0.5) is 5.69 Å².